The average Bonchev–Trinajstić information content (AvgIpc) is 3.06. The number of rotatable bonds is 8. The van der Waals surface area contributed by atoms with Crippen LogP contribution < -0.4 is 5.32 Å². The number of halogens is 1. The van der Waals surface area contributed by atoms with E-state index in [-0.39, 0.29) is 24.5 Å². The second-order valence-corrected chi connectivity index (χ2v) is 6.91. The highest BCUT2D eigenvalue weighted by Gasteiger charge is 2.12. The van der Waals surface area contributed by atoms with E-state index in [2.05, 4.69) is 5.32 Å². The number of carbonyl (C=O) groups excluding carboxylic acids is 2. The number of hydrogen-bond acceptors (Lipinski definition) is 4. The molecule has 1 aromatic carbocycles. The Hall–Kier alpha value is -1.85. The summed E-state index contributed by atoms with van der Waals surface area (Å²) in [6.07, 6.45) is 1.89. The van der Waals surface area contributed by atoms with Crippen LogP contribution in [-0.4, -0.2) is 18.5 Å². The molecule has 0 unspecified atom stereocenters. The quantitative estimate of drug-likeness (QED) is 0.715. The van der Waals surface area contributed by atoms with Crippen molar-refractivity contribution in [3.8, 4) is 0 Å². The second kappa shape index (κ2) is 9.45. The number of benzene rings is 1. The summed E-state index contributed by atoms with van der Waals surface area (Å²) in [5.41, 5.74) is 0.901. The molecule has 0 aliphatic rings. The van der Waals surface area contributed by atoms with Crippen molar-refractivity contribution in [2.45, 2.75) is 32.2 Å². The minimum atomic E-state index is -0.350. The van der Waals surface area contributed by atoms with Crippen LogP contribution in [0.25, 0.3) is 0 Å². The van der Waals surface area contributed by atoms with Crippen LogP contribution in [0.4, 0.5) is 0 Å². The van der Waals surface area contributed by atoms with E-state index in [1.54, 1.807) is 23.5 Å². The lowest BCUT2D eigenvalue weighted by atomic mass is 10.1. The molecule has 1 atom stereocenters. The van der Waals surface area contributed by atoms with Gasteiger partial charge >= 0.3 is 5.97 Å². The summed E-state index contributed by atoms with van der Waals surface area (Å²) in [4.78, 5) is 24.8. The van der Waals surface area contributed by atoms with E-state index in [0.29, 0.717) is 11.4 Å². The van der Waals surface area contributed by atoms with Crippen LogP contribution >= 0.6 is 22.9 Å². The van der Waals surface area contributed by atoms with Gasteiger partial charge in [-0.1, -0.05) is 29.8 Å². The Morgan fingerprint density at radius 1 is 1.29 bits per heavy atom. The first kappa shape index (κ1) is 18.5. The minimum Gasteiger partial charge on any atom is -0.456 e. The highest BCUT2D eigenvalue weighted by molar-refractivity contribution is 7.09. The lowest BCUT2D eigenvalue weighted by Gasteiger charge is -2.14. The van der Waals surface area contributed by atoms with Crippen molar-refractivity contribution in [2.24, 2.45) is 0 Å². The lowest BCUT2D eigenvalue weighted by molar-refractivity contribution is -0.148. The van der Waals surface area contributed by atoms with Gasteiger partial charge in [0.1, 0.15) is 0 Å². The zero-order valence-electron chi connectivity index (χ0n) is 13.5. The van der Waals surface area contributed by atoms with Crippen molar-refractivity contribution in [1.29, 1.82) is 0 Å². The smallest absolute Gasteiger partial charge is 0.306 e. The molecule has 0 aliphatic heterocycles. The summed E-state index contributed by atoms with van der Waals surface area (Å²) in [6.45, 7) is 1.59. The number of nitrogens with one attached hydrogen (secondary N) is 1. The van der Waals surface area contributed by atoms with E-state index >= 15 is 0 Å². The van der Waals surface area contributed by atoms with Crippen LogP contribution in [0, 0.1) is 0 Å². The fourth-order valence-electron chi connectivity index (χ4n) is 2.22. The first-order chi connectivity index (χ1) is 11.5. The molecule has 6 heteroatoms. The highest BCUT2D eigenvalue weighted by Crippen LogP contribution is 2.17. The standard InChI is InChI=1S/C18H20ClNO3S/c1-13(14-5-2-6-15(19)11-14)20-17(21)12-23-18(22)9-3-7-16-8-4-10-24-16/h2,4-6,8,10-11,13H,3,7,9,12H2,1H3,(H,20,21)/t13-/m0/s1. The number of ether oxygens (including phenoxy) is 1. The van der Waals surface area contributed by atoms with Crippen LogP contribution in [0.5, 0.6) is 0 Å². The SMILES string of the molecule is C[C@H](NC(=O)COC(=O)CCCc1cccs1)c1cccc(Cl)c1. The molecule has 1 heterocycles. The van der Waals surface area contributed by atoms with E-state index in [9.17, 15) is 9.59 Å². The van der Waals surface area contributed by atoms with Crippen molar-refractivity contribution in [2.75, 3.05) is 6.61 Å². The molecule has 0 bridgehead atoms. The molecule has 0 spiro atoms. The van der Waals surface area contributed by atoms with Crippen molar-refractivity contribution in [1.82, 2.24) is 5.32 Å². The third kappa shape index (κ3) is 6.34. The topological polar surface area (TPSA) is 55.4 Å². The van der Waals surface area contributed by atoms with Gasteiger partial charge in [-0.15, -0.1) is 11.3 Å². The Labute approximate surface area is 150 Å². The monoisotopic (exact) mass is 365 g/mol. The summed E-state index contributed by atoms with van der Waals surface area (Å²) in [6, 6.07) is 11.1. The Balaban J connectivity index is 1.65. The van der Waals surface area contributed by atoms with Crippen LogP contribution in [0.2, 0.25) is 5.02 Å². The molecule has 1 aromatic heterocycles. The molecule has 0 aliphatic carbocycles. The Bertz CT molecular complexity index is 673. The number of aryl methyl sites for hydroxylation is 1. The predicted octanol–water partition coefficient (Wildman–Crippen LogP) is 4.14. The van der Waals surface area contributed by atoms with Crippen LogP contribution in [0.3, 0.4) is 0 Å². The Morgan fingerprint density at radius 2 is 2.12 bits per heavy atom. The van der Waals surface area contributed by atoms with Gasteiger partial charge in [-0.2, -0.15) is 0 Å². The van der Waals surface area contributed by atoms with Crippen molar-refractivity contribution in [3.63, 3.8) is 0 Å². The maximum atomic E-state index is 11.9. The number of esters is 1. The van der Waals surface area contributed by atoms with Crippen molar-refractivity contribution in [3.05, 3.63) is 57.2 Å². The van der Waals surface area contributed by atoms with Gasteiger partial charge in [0.05, 0.1) is 6.04 Å². The van der Waals surface area contributed by atoms with E-state index in [1.165, 1.54) is 4.88 Å². The summed E-state index contributed by atoms with van der Waals surface area (Å²) < 4.78 is 5.01. The molecule has 128 valence electrons. The third-order valence-corrected chi connectivity index (χ3v) is 4.65. The fraction of sp³-hybridized carbons (Fsp3) is 0.333. The number of hydrogen-bond donors (Lipinski definition) is 1. The molecular formula is C18H20ClNO3S. The van der Waals surface area contributed by atoms with E-state index in [0.717, 1.165) is 18.4 Å². The molecule has 0 radical (unpaired) electrons. The summed E-state index contributed by atoms with van der Waals surface area (Å²) in [5.74, 6) is -0.675. The van der Waals surface area contributed by atoms with Gasteiger partial charge in [-0.25, -0.2) is 0 Å². The Morgan fingerprint density at radius 3 is 2.83 bits per heavy atom. The van der Waals surface area contributed by atoms with Crippen LogP contribution in [0.1, 0.15) is 36.2 Å². The number of thiophene rings is 1. The number of amides is 1. The van der Waals surface area contributed by atoms with Gasteiger partial charge in [0.25, 0.3) is 5.91 Å². The van der Waals surface area contributed by atoms with Gasteiger partial charge < -0.3 is 10.1 Å². The van der Waals surface area contributed by atoms with Gasteiger partial charge in [0.2, 0.25) is 0 Å². The first-order valence-corrected chi connectivity index (χ1v) is 9.03. The molecule has 0 saturated carbocycles. The minimum absolute atomic E-state index is 0.200. The summed E-state index contributed by atoms with van der Waals surface area (Å²) in [7, 11) is 0. The maximum Gasteiger partial charge on any atom is 0.306 e. The second-order valence-electron chi connectivity index (χ2n) is 5.44. The van der Waals surface area contributed by atoms with Crippen molar-refractivity contribution >= 4 is 34.8 Å². The average molecular weight is 366 g/mol. The third-order valence-electron chi connectivity index (χ3n) is 3.47. The zero-order valence-corrected chi connectivity index (χ0v) is 15.0. The largest absolute Gasteiger partial charge is 0.456 e. The lowest BCUT2D eigenvalue weighted by Crippen LogP contribution is -2.31. The maximum absolute atomic E-state index is 11.9. The first-order valence-electron chi connectivity index (χ1n) is 7.77. The van der Waals surface area contributed by atoms with Crippen LogP contribution in [0.15, 0.2) is 41.8 Å². The van der Waals surface area contributed by atoms with E-state index in [1.807, 2.05) is 36.6 Å². The summed E-state index contributed by atoms with van der Waals surface area (Å²) >= 11 is 7.61. The molecule has 24 heavy (non-hydrogen) atoms. The highest BCUT2D eigenvalue weighted by atomic mass is 35.5. The summed E-state index contributed by atoms with van der Waals surface area (Å²) in [5, 5.41) is 5.41. The molecule has 4 nitrogen and oxygen atoms in total. The molecular weight excluding hydrogens is 346 g/mol. The molecule has 0 fully saturated rings. The Kier molecular flexibility index (Phi) is 7.28. The van der Waals surface area contributed by atoms with Gasteiger partial charge in [0, 0.05) is 16.3 Å². The number of carbonyl (C=O) groups is 2. The van der Waals surface area contributed by atoms with Gasteiger partial charge in [-0.3, -0.25) is 9.59 Å². The van der Waals surface area contributed by atoms with E-state index < -0.39 is 0 Å². The van der Waals surface area contributed by atoms with Gasteiger partial charge in [0.15, 0.2) is 6.61 Å². The zero-order chi connectivity index (χ0) is 17.4. The molecule has 1 N–H and O–H groups in total. The molecule has 1 amide bonds. The fourth-order valence-corrected chi connectivity index (χ4v) is 3.17. The normalized spacial score (nSPS) is 11.8. The molecule has 2 aromatic rings. The van der Waals surface area contributed by atoms with E-state index in [4.69, 9.17) is 16.3 Å². The van der Waals surface area contributed by atoms with Crippen molar-refractivity contribution < 1.29 is 14.3 Å². The predicted molar refractivity (Wildman–Crippen MR) is 96.2 cm³/mol. The van der Waals surface area contributed by atoms with Crippen LogP contribution in [-0.2, 0) is 20.7 Å². The molecule has 0 saturated heterocycles. The van der Waals surface area contributed by atoms with Gasteiger partial charge in [-0.05, 0) is 48.9 Å². The molecule has 2 rings (SSSR count).